The van der Waals surface area contributed by atoms with Crippen molar-refractivity contribution < 1.29 is 14.6 Å². The third-order valence-corrected chi connectivity index (χ3v) is 12.7. The summed E-state index contributed by atoms with van der Waals surface area (Å²) in [5.74, 6) is 3.20. The minimum absolute atomic E-state index is 0.150. The van der Waals surface area contributed by atoms with Gasteiger partial charge in [0, 0.05) is 19.4 Å². The smallest absolute Gasteiger partial charge is 0.261 e. The van der Waals surface area contributed by atoms with Crippen LogP contribution >= 0.6 is 0 Å². The molecule has 0 radical (unpaired) electrons. The van der Waals surface area contributed by atoms with E-state index in [1.807, 2.05) is 12.1 Å². The Morgan fingerprint density at radius 2 is 1.34 bits per heavy atom. The molecule has 2 N–H and O–H groups in total. The van der Waals surface area contributed by atoms with E-state index in [4.69, 9.17) is 4.43 Å². The van der Waals surface area contributed by atoms with Gasteiger partial charge in [0.25, 0.3) is 8.32 Å². The van der Waals surface area contributed by atoms with Gasteiger partial charge < -0.3 is 14.6 Å². The van der Waals surface area contributed by atoms with E-state index in [1.165, 1.54) is 16.4 Å². The molecule has 0 aliphatic rings. The van der Waals surface area contributed by atoms with Gasteiger partial charge in [-0.05, 0) is 28.8 Å². The Bertz CT molecular complexity index is 969. The molecule has 5 heteroatoms. The van der Waals surface area contributed by atoms with Gasteiger partial charge in [-0.2, -0.15) is 0 Å². The van der Waals surface area contributed by atoms with Crippen LogP contribution < -0.4 is 10.4 Å². The summed E-state index contributed by atoms with van der Waals surface area (Å²) in [6.45, 7) is 19.1. The molecule has 0 aliphatic carbocycles. The fraction of sp³-hybridized carbons (Fsp3) is 0.467. The van der Waals surface area contributed by atoms with Crippen LogP contribution in [0.3, 0.4) is 0 Å². The first kappa shape index (κ1) is 29.3. The van der Waals surface area contributed by atoms with Crippen molar-refractivity contribution in [3.63, 3.8) is 0 Å². The van der Waals surface area contributed by atoms with Gasteiger partial charge in [-0.25, -0.2) is 0 Å². The van der Waals surface area contributed by atoms with Crippen LogP contribution in [0.25, 0.3) is 0 Å². The van der Waals surface area contributed by atoms with Crippen LogP contribution in [0, 0.1) is 11.5 Å². The zero-order valence-corrected chi connectivity index (χ0v) is 24.7. The average molecular weight is 509 g/mol. The van der Waals surface area contributed by atoms with Gasteiger partial charge in [-0.1, -0.05) is 107 Å². The molecule has 2 rings (SSSR count). The predicted molar refractivity (Wildman–Crippen MR) is 154 cm³/mol. The minimum Gasteiger partial charge on any atom is -0.407 e. The van der Waals surface area contributed by atoms with Crippen LogP contribution in [0.1, 0.15) is 47.0 Å². The van der Waals surface area contributed by atoms with Crippen molar-refractivity contribution in [1.29, 1.82) is 0 Å². The van der Waals surface area contributed by atoms with Crippen molar-refractivity contribution in [2.75, 3.05) is 6.61 Å². The van der Waals surface area contributed by atoms with E-state index in [0.29, 0.717) is 19.4 Å². The summed E-state index contributed by atoms with van der Waals surface area (Å²) in [6.07, 6.45) is 2.59. The predicted octanol–water partition coefficient (Wildman–Crippen LogP) is 5.28. The van der Waals surface area contributed by atoms with Gasteiger partial charge in [-0.3, -0.25) is 0 Å². The maximum Gasteiger partial charge on any atom is 0.261 e. The Labute approximate surface area is 215 Å². The molecule has 0 saturated heterocycles. The lowest BCUT2D eigenvalue weighted by molar-refractivity contribution is -0.123. The topological polar surface area (TPSA) is 49.7 Å². The van der Waals surface area contributed by atoms with Crippen LogP contribution in [0.2, 0.25) is 24.7 Å². The monoisotopic (exact) mass is 508 g/mol. The summed E-state index contributed by atoms with van der Waals surface area (Å²) >= 11 is 0. The highest BCUT2D eigenvalue weighted by atomic mass is 28.4. The molecule has 0 heterocycles. The molecular formula is C30H44O3Si2. The van der Waals surface area contributed by atoms with Crippen molar-refractivity contribution in [2.24, 2.45) is 0 Å². The van der Waals surface area contributed by atoms with Crippen molar-refractivity contribution >= 4 is 26.8 Å². The molecule has 0 unspecified atom stereocenters. The summed E-state index contributed by atoms with van der Waals surface area (Å²) in [5, 5.41) is 25.0. The van der Waals surface area contributed by atoms with Crippen molar-refractivity contribution in [2.45, 2.75) is 82.8 Å². The molecule has 0 saturated carbocycles. The summed E-state index contributed by atoms with van der Waals surface area (Å²) in [6, 6.07) is 20.9. The van der Waals surface area contributed by atoms with Gasteiger partial charge in [-0.15, -0.1) is 18.0 Å². The first-order valence-corrected chi connectivity index (χ1v) is 17.9. The summed E-state index contributed by atoms with van der Waals surface area (Å²) in [4.78, 5) is 0. The van der Waals surface area contributed by atoms with E-state index in [-0.39, 0.29) is 11.5 Å². The van der Waals surface area contributed by atoms with Crippen molar-refractivity contribution in [3.8, 4) is 11.5 Å². The van der Waals surface area contributed by atoms with Crippen molar-refractivity contribution in [1.82, 2.24) is 0 Å². The van der Waals surface area contributed by atoms with Crippen LogP contribution in [0.15, 0.2) is 73.3 Å². The number of rotatable bonds is 10. The highest BCUT2D eigenvalue weighted by Crippen LogP contribution is 2.38. The SMILES string of the molecule is C=C[C@](O)(CCC#C[Si](C)(C)C)[C@](C)(O)CCO[Si](c1ccccc1)(c1ccccc1)C(C)(C)C. The Morgan fingerprint density at radius 3 is 1.74 bits per heavy atom. The van der Waals surface area contributed by atoms with E-state index in [0.717, 1.165) is 0 Å². The summed E-state index contributed by atoms with van der Waals surface area (Å²) < 4.78 is 6.92. The lowest BCUT2D eigenvalue weighted by Crippen LogP contribution is -2.67. The second-order valence-electron chi connectivity index (χ2n) is 11.7. The van der Waals surface area contributed by atoms with Gasteiger partial charge in [0.1, 0.15) is 13.7 Å². The number of benzene rings is 2. The largest absolute Gasteiger partial charge is 0.407 e. The molecule has 0 fully saturated rings. The van der Waals surface area contributed by atoms with Crippen LogP contribution in [0.5, 0.6) is 0 Å². The van der Waals surface area contributed by atoms with Gasteiger partial charge >= 0.3 is 0 Å². The molecule has 2 aromatic carbocycles. The minimum atomic E-state index is -2.71. The first-order chi connectivity index (χ1) is 16.2. The second-order valence-corrected chi connectivity index (χ2v) is 20.8. The molecule has 35 heavy (non-hydrogen) atoms. The van der Waals surface area contributed by atoms with Gasteiger partial charge in [0.05, 0.1) is 5.60 Å². The third kappa shape index (κ3) is 7.06. The molecule has 2 atom stereocenters. The Balaban J connectivity index is 2.32. The molecule has 0 amide bonds. The second kappa shape index (κ2) is 11.4. The standard InChI is InChI=1S/C30H44O3Si2/c1-9-30(32,22-16-17-25-34(6,7)8)29(5,31)23-24-33-35(28(2,3)4,26-18-12-10-13-19-26)27-20-14-11-15-21-27/h9-15,18-21,31-32H,1,16,22-24H2,2-8H3/t29-,30+/m1/s1. The highest BCUT2D eigenvalue weighted by molar-refractivity contribution is 6.99. The Morgan fingerprint density at radius 1 is 0.857 bits per heavy atom. The maximum absolute atomic E-state index is 11.4. The molecule has 2 aromatic rings. The lowest BCUT2D eigenvalue weighted by atomic mass is 9.79. The van der Waals surface area contributed by atoms with Crippen LogP contribution in [0.4, 0.5) is 0 Å². The normalized spacial score (nSPS) is 15.9. The molecular weight excluding hydrogens is 464 g/mol. The average Bonchev–Trinajstić information content (AvgIpc) is 2.79. The van der Waals surface area contributed by atoms with Gasteiger partial charge in [0.2, 0.25) is 0 Å². The van der Waals surface area contributed by atoms with E-state index in [1.54, 1.807) is 6.92 Å². The number of hydrogen-bond acceptors (Lipinski definition) is 3. The van der Waals surface area contributed by atoms with E-state index in [9.17, 15) is 10.2 Å². The molecule has 0 aliphatic heterocycles. The summed E-state index contributed by atoms with van der Waals surface area (Å²) in [7, 11) is -4.19. The van der Waals surface area contributed by atoms with Gasteiger partial charge in [0.15, 0.2) is 0 Å². The summed E-state index contributed by atoms with van der Waals surface area (Å²) in [5.41, 5.74) is 0.478. The first-order valence-electron chi connectivity index (χ1n) is 12.5. The molecule has 190 valence electrons. The van der Waals surface area contributed by atoms with Crippen LogP contribution in [-0.2, 0) is 4.43 Å². The fourth-order valence-corrected chi connectivity index (χ4v) is 9.77. The Kier molecular flexibility index (Phi) is 9.55. The zero-order chi connectivity index (χ0) is 26.4. The Hall–Kier alpha value is -1.95. The lowest BCUT2D eigenvalue weighted by Gasteiger charge is -2.44. The molecule has 0 aromatic heterocycles. The van der Waals surface area contributed by atoms with E-state index >= 15 is 0 Å². The van der Waals surface area contributed by atoms with E-state index in [2.05, 4.69) is 107 Å². The molecule has 3 nitrogen and oxygen atoms in total. The fourth-order valence-electron chi connectivity index (χ4n) is 4.55. The number of hydrogen-bond donors (Lipinski definition) is 2. The quantitative estimate of drug-likeness (QED) is 0.261. The third-order valence-electron chi connectivity index (χ3n) is 6.69. The highest BCUT2D eigenvalue weighted by Gasteiger charge is 2.51. The van der Waals surface area contributed by atoms with E-state index < -0.39 is 27.6 Å². The number of aliphatic hydroxyl groups is 2. The maximum atomic E-state index is 11.4. The van der Waals surface area contributed by atoms with Crippen LogP contribution in [-0.4, -0.2) is 44.4 Å². The molecule has 0 bridgehead atoms. The molecule has 0 spiro atoms. The zero-order valence-electron chi connectivity index (χ0n) is 22.7. The van der Waals surface area contributed by atoms with Crippen molar-refractivity contribution in [3.05, 3.63) is 73.3 Å².